The highest BCUT2D eigenvalue weighted by Crippen LogP contribution is 2.38. The van der Waals surface area contributed by atoms with Gasteiger partial charge in [0.05, 0.1) is 0 Å². The number of hydrogen-bond donors (Lipinski definition) is 1. The Labute approximate surface area is 201 Å². The van der Waals surface area contributed by atoms with Crippen LogP contribution in [-0.4, -0.2) is 43.5 Å². The summed E-state index contributed by atoms with van der Waals surface area (Å²) in [6.45, 7) is 6.81. The number of carbonyl (C=O) groups is 2. The van der Waals surface area contributed by atoms with E-state index in [2.05, 4.69) is 12.2 Å². The van der Waals surface area contributed by atoms with Gasteiger partial charge in [-0.25, -0.2) is 0 Å². The van der Waals surface area contributed by atoms with Gasteiger partial charge in [-0.2, -0.15) is 0 Å². The zero-order valence-electron chi connectivity index (χ0n) is 20.1. The highest BCUT2D eigenvalue weighted by atomic mass is 35.5. The molecule has 0 bridgehead atoms. The predicted octanol–water partition coefficient (Wildman–Crippen LogP) is 4.81. The number of unbranched alkanes of at least 4 members (excludes halogenated alkanes) is 1. The van der Waals surface area contributed by atoms with Crippen LogP contribution in [0.15, 0.2) is 42.5 Å². The molecule has 0 fully saturated rings. The lowest BCUT2D eigenvalue weighted by Gasteiger charge is -2.31. The zero-order chi connectivity index (χ0) is 24.1. The normalized spacial score (nSPS) is 17.9. The topological polar surface area (TPSA) is 61.9 Å². The molecule has 0 saturated heterocycles. The van der Waals surface area contributed by atoms with Gasteiger partial charge in [-0.05, 0) is 48.2 Å². The fourth-order valence-corrected chi connectivity index (χ4v) is 4.12. The minimum absolute atomic E-state index is 0.0680. The molecule has 3 rings (SSSR count). The summed E-state index contributed by atoms with van der Waals surface area (Å²) < 4.78 is 6.17. The van der Waals surface area contributed by atoms with Gasteiger partial charge in [0, 0.05) is 43.5 Å². The van der Waals surface area contributed by atoms with Crippen molar-refractivity contribution in [1.82, 2.24) is 10.2 Å². The first-order valence-electron chi connectivity index (χ1n) is 11.5. The van der Waals surface area contributed by atoms with Crippen LogP contribution < -0.4 is 15.0 Å². The molecule has 2 unspecified atom stereocenters. The Bertz CT molecular complexity index is 975. The van der Waals surface area contributed by atoms with Gasteiger partial charge in [0.15, 0.2) is 6.10 Å². The van der Waals surface area contributed by atoms with Gasteiger partial charge in [0.1, 0.15) is 11.8 Å². The summed E-state index contributed by atoms with van der Waals surface area (Å²) in [5.74, 6) is 0.0250. The summed E-state index contributed by atoms with van der Waals surface area (Å²) in [6, 6.07) is 12.4. The second-order valence-electron chi connectivity index (χ2n) is 9.04. The third-order valence-electron chi connectivity index (χ3n) is 5.85. The van der Waals surface area contributed by atoms with E-state index >= 15 is 0 Å². The Hall–Kier alpha value is -2.73. The number of anilines is 1. The molecule has 1 aliphatic heterocycles. The van der Waals surface area contributed by atoms with E-state index in [0.29, 0.717) is 22.9 Å². The van der Waals surface area contributed by atoms with E-state index in [-0.39, 0.29) is 24.3 Å². The number of halogens is 1. The molecule has 0 spiro atoms. The second kappa shape index (κ2) is 10.9. The third-order valence-corrected chi connectivity index (χ3v) is 6.08. The molecule has 0 saturated carbocycles. The van der Waals surface area contributed by atoms with Gasteiger partial charge in [-0.3, -0.25) is 9.59 Å². The molecular formula is C26H34ClN3O3. The van der Waals surface area contributed by atoms with Crippen LogP contribution in [-0.2, 0) is 16.1 Å². The van der Waals surface area contributed by atoms with Gasteiger partial charge in [-0.1, -0.05) is 50.9 Å². The van der Waals surface area contributed by atoms with Gasteiger partial charge < -0.3 is 19.9 Å². The fraction of sp³-hybridized carbons (Fsp3) is 0.462. The molecule has 0 aliphatic carbocycles. The smallest absolute Gasteiger partial charge is 0.265 e. The molecule has 2 aromatic rings. The number of benzene rings is 2. The Balaban J connectivity index is 2.06. The second-order valence-corrected chi connectivity index (χ2v) is 9.48. The van der Waals surface area contributed by atoms with Crippen molar-refractivity contribution >= 4 is 29.1 Å². The number of nitrogens with one attached hydrogen (secondary N) is 1. The first-order valence-corrected chi connectivity index (χ1v) is 11.9. The number of fused-ring (bicyclic) bond motifs is 1. The molecular weight excluding hydrogens is 438 g/mol. The highest BCUT2D eigenvalue weighted by molar-refractivity contribution is 6.30. The van der Waals surface area contributed by atoms with Crippen molar-refractivity contribution < 1.29 is 14.3 Å². The number of rotatable bonds is 8. The zero-order valence-corrected chi connectivity index (χ0v) is 20.9. The summed E-state index contributed by atoms with van der Waals surface area (Å²) in [6.07, 6.45) is 1.14. The largest absolute Gasteiger partial charge is 0.480 e. The standard InChI is InChI=1S/C26H34ClN3O3/c1-6-7-14-28-25(31)23-21-15-19(27)10-13-22(21)33-24(17(2)3)26(32)30(23)16-18-8-11-20(12-9-18)29(4)5/h8-13,15,17,23-24H,6-7,14,16H2,1-5H3,(H,28,31). The summed E-state index contributed by atoms with van der Waals surface area (Å²) in [5, 5.41) is 3.50. The minimum Gasteiger partial charge on any atom is -0.480 e. The van der Waals surface area contributed by atoms with Gasteiger partial charge >= 0.3 is 0 Å². The Morgan fingerprint density at radius 1 is 1.18 bits per heavy atom. The number of hydrogen-bond acceptors (Lipinski definition) is 4. The maximum Gasteiger partial charge on any atom is 0.265 e. The van der Waals surface area contributed by atoms with Gasteiger partial charge in [0.25, 0.3) is 5.91 Å². The third kappa shape index (κ3) is 5.80. The molecule has 0 aromatic heterocycles. The number of nitrogens with zero attached hydrogens (tertiary/aromatic N) is 2. The van der Waals surface area contributed by atoms with E-state index in [1.165, 1.54) is 0 Å². The maximum absolute atomic E-state index is 13.7. The van der Waals surface area contributed by atoms with Crippen molar-refractivity contribution in [3.8, 4) is 5.75 Å². The molecule has 6 nitrogen and oxygen atoms in total. The molecule has 2 aromatic carbocycles. The van der Waals surface area contributed by atoms with Crippen molar-refractivity contribution in [2.24, 2.45) is 5.92 Å². The molecule has 2 atom stereocenters. The van der Waals surface area contributed by atoms with Crippen LogP contribution in [0.1, 0.15) is 50.8 Å². The van der Waals surface area contributed by atoms with Crippen LogP contribution in [0, 0.1) is 5.92 Å². The Morgan fingerprint density at radius 2 is 1.88 bits per heavy atom. The van der Waals surface area contributed by atoms with Crippen molar-refractivity contribution in [1.29, 1.82) is 0 Å². The quantitative estimate of drug-likeness (QED) is 0.561. The van der Waals surface area contributed by atoms with Crippen LogP contribution >= 0.6 is 11.6 Å². The Morgan fingerprint density at radius 3 is 2.48 bits per heavy atom. The summed E-state index contributed by atoms with van der Waals surface area (Å²) in [4.78, 5) is 30.9. The highest BCUT2D eigenvalue weighted by Gasteiger charge is 2.42. The lowest BCUT2D eigenvalue weighted by Crippen LogP contribution is -2.48. The van der Waals surface area contributed by atoms with Crippen LogP contribution in [0.2, 0.25) is 5.02 Å². The van der Waals surface area contributed by atoms with Crippen LogP contribution in [0.25, 0.3) is 0 Å². The van der Waals surface area contributed by atoms with E-state index < -0.39 is 12.1 Å². The van der Waals surface area contributed by atoms with E-state index in [0.717, 1.165) is 24.1 Å². The lowest BCUT2D eigenvalue weighted by atomic mass is 10.0. The molecule has 1 N–H and O–H groups in total. The molecule has 2 amide bonds. The van der Waals surface area contributed by atoms with Crippen molar-refractivity contribution in [3.63, 3.8) is 0 Å². The Kier molecular flexibility index (Phi) is 8.25. The number of amides is 2. The van der Waals surface area contributed by atoms with E-state index in [1.807, 2.05) is 57.1 Å². The molecule has 7 heteroatoms. The molecule has 1 heterocycles. The van der Waals surface area contributed by atoms with Crippen molar-refractivity contribution in [2.45, 2.75) is 52.3 Å². The van der Waals surface area contributed by atoms with E-state index in [4.69, 9.17) is 16.3 Å². The number of ether oxygens (including phenoxy) is 1. The average molecular weight is 472 g/mol. The SMILES string of the molecule is CCCCNC(=O)C1c2cc(Cl)ccc2OC(C(C)C)C(=O)N1Cc1ccc(N(C)C)cc1. The maximum atomic E-state index is 13.7. The van der Waals surface area contributed by atoms with Gasteiger partial charge in [0.2, 0.25) is 5.91 Å². The van der Waals surface area contributed by atoms with Crippen molar-refractivity contribution in [3.05, 3.63) is 58.6 Å². The monoisotopic (exact) mass is 471 g/mol. The van der Waals surface area contributed by atoms with E-state index in [1.54, 1.807) is 23.1 Å². The predicted molar refractivity (Wildman–Crippen MR) is 133 cm³/mol. The molecule has 1 aliphatic rings. The first kappa shape index (κ1) is 24.9. The number of carbonyl (C=O) groups excluding carboxylic acids is 2. The van der Waals surface area contributed by atoms with Crippen LogP contribution in [0.4, 0.5) is 5.69 Å². The summed E-state index contributed by atoms with van der Waals surface area (Å²) >= 11 is 6.32. The average Bonchev–Trinajstić information content (AvgIpc) is 2.89. The van der Waals surface area contributed by atoms with E-state index in [9.17, 15) is 9.59 Å². The van der Waals surface area contributed by atoms with Crippen LogP contribution in [0.3, 0.4) is 0 Å². The molecule has 0 radical (unpaired) electrons. The first-order chi connectivity index (χ1) is 15.7. The van der Waals surface area contributed by atoms with Crippen LogP contribution in [0.5, 0.6) is 5.75 Å². The summed E-state index contributed by atoms with van der Waals surface area (Å²) in [7, 11) is 3.96. The minimum atomic E-state index is -0.833. The lowest BCUT2D eigenvalue weighted by molar-refractivity contribution is -0.147. The molecule has 33 heavy (non-hydrogen) atoms. The molecule has 178 valence electrons. The van der Waals surface area contributed by atoms with Crippen molar-refractivity contribution in [2.75, 3.05) is 25.5 Å². The fourth-order valence-electron chi connectivity index (χ4n) is 3.94. The van der Waals surface area contributed by atoms with Gasteiger partial charge in [-0.15, -0.1) is 0 Å². The summed E-state index contributed by atoms with van der Waals surface area (Å²) in [5.41, 5.74) is 2.61.